The molecule has 4 nitrogen and oxygen atoms in total. The first-order chi connectivity index (χ1) is 8.84. The van der Waals surface area contributed by atoms with E-state index in [9.17, 15) is 9.59 Å². The van der Waals surface area contributed by atoms with Gasteiger partial charge in [-0.1, -0.05) is 32.5 Å². The molecule has 0 spiro atoms. The highest BCUT2D eigenvalue weighted by Gasteiger charge is 2.49. The highest BCUT2D eigenvalue weighted by molar-refractivity contribution is 7.80. The van der Waals surface area contributed by atoms with E-state index in [0.717, 1.165) is 32.1 Å². The molecule has 2 N–H and O–H groups in total. The number of carbonyl (C=O) groups is 2. The molecule has 1 aliphatic carbocycles. The number of amides is 2. The Balaban J connectivity index is 1.89. The van der Waals surface area contributed by atoms with Crippen molar-refractivity contribution >= 4 is 29.0 Å². The lowest BCUT2D eigenvalue weighted by molar-refractivity contribution is -0.140. The largest absolute Gasteiger partial charge is 0.393 e. The van der Waals surface area contributed by atoms with Gasteiger partial charge in [-0.2, -0.15) is 0 Å². The lowest BCUT2D eigenvalue weighted by Crippen LogP contribution is -2.35. The van der Waals surface area contributed by atoms with Gasteiger partial charge in [-0.05, 0) is 25.7 Å². The van der Waals surface area contributed by atoms with Gasteiger partial charge in [-0.3, -0.25) is 14.5 Å². The van der Waals surface area contributed by atoms with E-state index in [4.69, 9.17) is 18.0 Å². The summed E-state index contributed by atoms with van der Waals surface area (Å²) in [4.78, 5) is 26.2. The predicted molar refractivity (Wildman–Crippen MR) is 77.4 cm³/mol. The van der Waals surface area contributed by atoms with Crippen LogP contribution in [-0.4, -0.2) is 28.2 Å². The maximum atomic E-state index is 12.1. The molecule has 5 heteroatoms. The maximum absolute atomic E-state index is 12.1. The first kappa shape index (κ1) is 14.4. The van der Waals surface area contributed by atoms with Crippen LogP contribution >= 0.6 is 12.2 Å². The number of likely N-dealkylation sites (tertiary alicyclic amines) is 1. The summed E-state index contributed by atoms with van der Waals surface area (Å²) in [6.07, 6.45) is 4.33. The summed E-state index contributed by atoms with van der Waals surface area (Å²) < 4.78 is 0. The molecule has 2 atom stereocenters. The zero-order chi connectivity index (χ0) is 14.2. The molecule has 19 heavy (non-hydrogen) atoms. The summed E-state index contributed by atoms with van der Waals surface area (Å²) >= 11 is 5.02. The summed E-state index contributed by atoms with van der Waals surface area (Å²) in [7, 11) is 0. The molecule has 1 heterocycles. The van der Waals surface area contributed by atoms with E-state index in [1.807, 2.05) is 13.8 Å². The van der Waals surface area contributed by atoms with Gasteiger partial charge >= 0.3 is 0 Å². The lowest BCUT2D eigenvalue weighted by Gasteiger charge is -2.24. The quantitative estimate of drug-likeness (QED) is 0.617. The second-order valence-electron chi connectivity index (χ2n) is 6.32. The van der Waals surface area contributed by atoms with Gasteiger partial charge in [0.05, 0.1) is 16.8 Å². The summed E-state index contributed by atoms with van der Waals surface area (Å²) in [5.41, 5.74) is 5.47. The zero-order valence-electron chi connectivity index (χ0n) is 11.6. The number of fused-ring (bicyclic) bond motifs is 1. The van der Waals surface area contributed by atoms with Crippen LogP contribution in [0.5, 0.6) is 0 Å². The van der Waals surface area contributed by atoms with Gasteiger partial charge < -0.3 is 5.73 Å². The van der Waals surface area contributed by atoms with Crippen LogP contribution in [0.3, 0.4) is 0 Å². The fourth-order valence-electron chi connectivity index (χ4n) is 3.08. The van der Waals surface area contributed by atoms with Gasteiger partial charge in [0.1, 0.15) is 0 Å². The highest BCUT2D eigenvalue weighted by atomic mass is 32.1. The molecule has 0 aromatic rings. The molecular formula is C14H22N2O2S. The van der Waals surface area contributed by atoms with Crippen LogP contribution < -0.4 is 5.73 Å². The molecule has 0 aromatic carbocycles. The molecule has 2 amide bonds. The van der Waals surface area contributed by atoms with E-state index in [1.165, 1.54) is 4.90 Å². The number of imide groups is 1. The molecule has 0 aromatic heterocycles. The first-order valence-corrected chi connectivity index (χ1v) is 7.40. The number of carbonyl (C=O) groups excluding carboxylic acids is 2. The Hall–Kier alpha value is -0.970. The third-order valence-electron chi connectivity index (χ3n) is 4.53. The van der Waals surface area contributed by atoms with Gasteiger partial charge in [0.15, 0.2) is 0 Å². The fourth-order valence-corrected chi connectivity index (χ4v) is 3.18. The van der Waals surface area contributed by atoms with Crippen LogP contribution in [0, 0.1) is 17.3 Å². The van der Waals surface area contributed by atoms with Crippen LogP contribution in [0.25, 0.3) is 0 Å². The SMILES string of the molecule is CC(C)(CCCN1C(=O)C2CCCC2C1=O)C(N)=S. The average molecular weight is 282 g/mol. The fraction of sp³-hybridized carbons (Fsp3) is 0.786. The topological polar surface area (TPSA) is 63.4 Å². The summed E-state index contributed by atoms with van der Waals surface area (Å²) in [6.45, 7) is 4.51. The standard InChI is InChI=1S/C14H22N2O2S/c1-14(2,13(15)19)7-4-8-16-11(17)9-5-3-6-10(9)12(16)18/h9-10H,3-8H2,1-2H3,(H2,15,19). The molecule has 1 saturated carbocycles. The third kappa shape index (κ3) is 2.66. The molecule has 2 fully saturated rings. The maximum Gasteiger partial charge on any atom is 0.233 e. The zero-order valence-corrected chi connectivity index (χ0v) is 12.5. The predicted octanol–water partition coefficient (Wildman–Crippen LogP) is 1.86. The Bertz CT molecular complexity index is 398. The minimum Gasteiger partial charge on any atom is -0.393 e. The Labute approximate surface area is 119 Å². The molecule has 2 unspecified atom stereocenters. The summed E-state index contributed by atoms with van der Waals surface area (Å²) in [5, 5.41) is 0. The lowest BCUT2D eigenvalue weighted by atomic mass is 9.88. The Morgan fingerprint density at radius 2 is 1.84 bits per heavy atom. The number of nitrogens with zero attached hydrogens (tertiary/aromatic N) is 1. The van der Waals surface area contributed by atoms with Gasteiger partial charge in [-0.25, -0.2) is 0 Å². The van der Waals surface area contributed by atoms with Crippen LogP contribution in [0.2, 0.25) is 0 Å². The summed E-state index contributed by atoms with van der Waals surface area (Å²) in [5.74, 6) is 0.0217. The van der Waals surface area contributed by atoms with Gasteiger partial charge in [0.2, 0.25) is 11.8 Å². The van der Waals surface area contributed by atoms with E-state index >= 15 is 0 Å². The van der Waals surface area contributed by atoms with Crippen LogP contribution in [0.4, 0.5) is 0 Å². The van der Waals surface area contributed by atoms with E-state index < -0.39 is 0 Å². The van der Waals surface area contributed by atoms with Crippen molar-refractivity contribution in [1.29, 1.82) is 0 Å². The molecule has 1 saturated heterocycles. The van der Waals surface area contributed by atoms with Crippen molar-refractivity contribution in [2.24, 2.45) is 23.0 Å². The summed E-state index contributed by atoms with van der Waals surface area (Å²) in [6, 6.07) is 0. The number of nitrogens with two attached hydrogens (primary N) is 1. The second kappa shape index (κ2) is 5.19. The van der Waals surface area contributed by atoms with Crippen molar-refractivity contribution in [2.45, 2.75) is 46.0 Å². The molecular weight excluding hydrogens is 260 g/mol. The van der Waals surface area contributed by atoms with Crippen LogP contribution in [-0.2, 0) is 9.59 Å². The number of hydrogen-bond donors (Lipinski definition) is 1. The minimum atomic E-state index is -0.211. The van der Waals surface area contributed by atoms with Crippen LogP contribution in [0.15, 0.2) is 0 Å². The van der Waals surface area contributed by atoms with E-state index in [-0.39, 0.29) is 29.1 Å². The second-order valence-corrected chi connectivity index (χ2v) is 6.76. The van der Waals surface area contributed by atoms with Crippen molar-refractivity contribution in [2.75, 3.05) is 6.54 Å². The van der Waals surface area contributed by atoms with E-state index in [2.05, 4.69) is 0 Å². The highest BCUT2D eigenvalue weighted by Crippen LogP contribution is 2.39. The normalized spacial score (nSPS) is 26.9. The minimum absolute atomic E-state index is 0.0314. The van der Waals surface area contributed by atoms with Gasteiger partial charge in [0, 0.05) is 12.0 Å². The van der Waals surface area contributed by atoms with Crippen molar-refractivity contribution in [3.8, 4) is 0 Å². The van der Waals surface area contributed by atoms with Gasteiger partial charge in [-0.15, -0.1) is 0 Å². The monoisotopic (exact) mass is 282 g/mol. The number of thiocarbonyl (C=S) groups is 1. The molecule has 106 valence electrons. The molecule has 1 aliphatic heterocycles. The molecule has 0 bridgehead atoms. The molecule has 0 radical (unpaired) electrons. The van der Waals surface area contributed by atoms with Crippen molar-refractivity contribution < 1.29 is 9.59 Å². The van der Waals surface area contributed by atoms with Crippen molar-refractivity contribution in [1.82, 2.24) is 4.90 Å². The van der Waals surface area contributed by atoms with Crippen molar-refractivity contribution in [3.63, 3.8) is 0 Å². The number of hydrogen-bond acceptors (Lipinski definition) is 3. The van der Waals surface area contributed by atoms with Crippen LogP contribution in [0.1, 0.15) is 46.0 Å². The molecule has 2 aliphatic rings. The van der Waals surface area contributed by atoms with Crippen molar-refractivity contribution in [3.05, 3.63) is 0 Å². The Kier molecular flexibility index (Phi) is 3.95. The molecule has 2 rings (SSSR count). The van der Waals surface area contributed by atoms with Gasteiger partial charge in [0.25, 0.3) is 0 Å². The smallest absolute Gasteiger partial charge is 0.233 e. The average Bonchev–Trinajstić information content (AvgIpc) is 2.88. The third-order valence-corrected chi connectivity index (χ3v) is 5.09. The van der Waals surface area contributed by atoms with E-state index in [1.54, 1.807) is 0 Å². The van der Waals surface area contributed by atoms with E-state index in [0.29, 0.717) is 11.5 Å². The Morgan fingerprint density at radius 3 is 2.32 bits per heavy atom. The Morgan fingerprint density at radius 1 is 1.32 bits per heavy atom. The number of rotatable bonds is 5. The first-order valence-electron chi connectivity index (χ1n) is 7.00.